The minimum atomic E-state index is 0.499. The number of rotatable bonds is 0. The quantitative estimate of drug-likeness (QED) is 0.443. The van der Waals surface area contributed by atoms with E-state index in [0.717, 1.165) is 26.2 Å². The summed E-state index contributed by atoms with van der Waals surface area (Å²) in [5.74, 6) is 0. The van der Waals surface area contributed by atoms with E-state index in [2.05, 4.69) is 10.6 Å². The average molecular weight is 127 g/mol. The van der Waals surface area contributed by atoms with Gasteiger partial charge in [-0.05, 0) is 0 Å². The third-order valence-corrected chi connectivity index (χ3v) is 1.82. The van der Waals surface area contributed by atoms with Gasteiger partial charge < -0.3 is 15.4 Å². The summed E-state index contributed by atoms with van der Waals surface area (Å²) in [6.45, 7) is 3.82. The van der Waals surface area contributed by atoms with Gasteiger partial charge in [0.15, 0.2) is 0 Å². The van der Waals surface area contributed by atoms with Crippen LogP contribution < -0.4 is 10.6 Å². The van der Waals surface area contributed by atoms with Crippen LogP contribution in [-0.2, 0) is 4.74 Å². The fourth-order valence-corrected chi connectivity index (χ4v) is 1.33. The Morgan fingerprint density at radius 2 is 2.56 bits per heavy atom. The predicted octanol–water partition coefficient (Wildman–Crippen LogP) is -0.890. The van der Waals surface area contributed by atoms with Crippen molar-refractivity contribution in [2.75, 3.05) is 26.2 Å². The van der Waals surface area contributed by atoms with Gasteiger partial charge in [0.25, 0.3) is 0 Å². The molecule has 0 aromatic carbocycles. The van der Waals surface area contributed by atoms with E-state index >= 15 is 0 Å². The minimum absolute atomic E-state index is 0.499. The molecule has 0 spiro atoms. The number of hydrogen-bond donors (Lipinski definition) is 2. The van der Waals surface area contributed by atoms with Crippen molar-refractivity contribution in [3.8, 4) is 0 Å². The molecule has 0 aliphatic carbocycles. The molecule has 2 N–H and O–H groups in total. The Labute approximate surface area is 54.8 Å². The molecule has 1 unspecified atom stereocenters. The average Bonchev–Trinajstić information content (AvgIpc) is 2.33. The van der Waals surface area contributed by atoms with Crippen molar-refractivity contribution in [1.82, 2.24) is 10.6 Å². The molecule has 2 fully saturated rings. The molecule has 0 aromatic rings. The smallest absolute Gasteiger partial charge is 0.129 e. The van der Waals surface area contributed by atoms with E-state index in [1.807, 2.05) is 0 Å². The second-order valence-electron chi connectivity index (χ2n) is 2.45. The molecular formula is C6H11N2O. The van der Waals surface area contributed by atoms with Crippen LogP contribution >= 0.6 is 0 Å². The standard InChI is InChI=1S/C6H11N2O/c1-2-9-6-4-7-3-5(6)8-1/h5,7-8H,1-4H2. The third-order valence-electron chi connectivity index (χ3n) is 1.82. The van der Waals surface area contributed by atoms with Gasteiger partial charge in [0.1, 0.15) is 6.10 Å². The molecular weight excluding hydrogens is 116 g/mol. The van der Waals surface area contributed by atoms with Gasteiger partial charge in [0.2, 0.25) is 0 Å². The fraction of sp³-hybridized carbons (Fsp3) is 0.833. The lowest BCUT2D eigenvalue weighted by Gasteiger charge is -2.24. The molecule has 2 rings (SSSR count). The Bertz CT molecular complexity index is 95.2. The molecule has 3 heteroatoms. The van der Waals surface area contributed by atoms with Crippen molar-refractivity contribution < 1.29 is 4.74 Å². The van der Waals surface area contributed by atoms with E-state index < -0.39 is 0 Å². The summed E-state index contributed by atoms with van der Waals surface area (Å²) in [6, 6.07) is 0.499. The van der Waals surface area contributed by atoms with Crippen molar-refractivity contribution in [3.63, 3.8) is 0 Å². The number of fused-ring (bicyclic) bond motifs is 1. The summed E-state index contributed by atoms with van der Waals surface area (Å²) in [5, 5.41) is 6.60. The maximum Gasteiger partial charge on any atom is 0.129 e. The number of hydrogen-bond acceptors (Lipinski definition) is 3. The molecule has 0 bridgehead atoms. The van der Waals surface area contributed by atoms with Crippen LogP contribution in [0.25, 0.3) is 0 Å². The summed E-state index contributed by atoms with van der Waals surface area (Å²) in [5.41, 5.74) is 0. The lowest BCUT2D eigenvalue weighted by atomic mass is 10.2. The first kappa shape index (κ1) is 5.65. The summed E-state index contributed by atoms with van der Waals surface area (Å²) >= 11 is 0. The first-order chi connectivity index (χ1) is 4.47. The van der Waals surface area contributed by atoms with Gasteiger partial charge >= 0.3 is 0 Å². The maximum absolute atomic E-state index is 5.39. The molecule has 51 valence electrons. The Morgan fingerprint density at radius 1 is 1.56 bits per heavy atom. The summed E-state index contributed by atoms with van der Waals surface area (Å²) in [7, 11) is 0. The Morgan fingerprint density at radius 3 is 3.44 bits per heavy atom. The van der Waals surface area contributed by atoms with Crippen LogP contribution in [0.5, 0.6) is 0 Å². The Kier molecular flexibility index (Phi) is 1.41. The Hall–Kier alpha value is -0.120. The van der Waals surface area contributed by atoms with E-state index in [4.69, 9.17) is 4.74 Å². The summed E-state index contributed by atoms with van der Waals surface area (Å²) in [6.07, 6.45) is 1.20. The van der Waals surface area contributed by atoms with Crippen LogP contribution in [0, 0.1) is 6.10 Å². The minimum Gasteiger partial charge on any atom is -0.368 e. The zero-order valence-electron chi connectivity index (χ0n) is 5.31. The Balaban J connectivity index is 1.97. The highest BCUT2D eigenvalue weighted by Gasteiger charge is 2.30. The molecule has 2 aliphatic rings. The molecule has 9 heavy (non-hydrogen) atoms. The summed E-state index contributed by atoms with van der Waals surface area (Å²) in [4.78, 5) is 0. The van der Waals surface area contributed by atoms with Gasteiger partial charge in [-0.2, -0.15) is 0 Å². The summed E-state index contributed by atoms with van der Waals surface area (Å²) < 4.78 is 5.39. The molecule has 1 radical (unpaired) electrons. The van der Waals surface area contributed by atoms with Crippen molar-refractivity contribution in [1.29, 1.82) is 0 Å². The van der Waals surface area contributed by atoms with Crippen molar-refractivity contribution in [2.24, 2.45) is 0 Å². The van der Waals surface area contributed by atoms with Gasteiger partial charge in [0, 0.05) is 19.6 Å². The van der Waals surface area contributed by atoms with E-state index in [1.54, 1.807) is 0 Å². The van der Waals surface area contributed by atoms with Crippen LogP contribution in [0.1, 0.15) is 0 Å². The SMILES string of the molecule is C1CO[C]2CNCC2N1. The molecule has 2 aliphatic heterocycles. The maximum atomic E-state index is 5.39. The first-order valence-electron chi connectivity index (χ1n) is 3.39. The zero-order valence-corrected chi connectivity index (χ0v) is 5.31. The molecule has 2 saturated heterocycles. The zero-order chi connectivity index (χ0) is 6.10. The van der Waals surface area contributed by atoms with Crippen LogP contribution in [0.15, 0.2) is 0 Å². The monoisotopic (exact) mass is 127 g/mol. The largest absolute Gasteiger partial charge is 0.368 e. The molecule has 3 nitrogen and oxygen atoms in total. The topological polar surface area (TPSA) is 33.3 Å². The second-order valence-corrected chi connectivity index (χ2v) is 2.45. The van der Waals surface area contributed by atoms with Crippen LogP contribution in [0.4, 0.5) is 0 Å². The number of nitrogens with one attached hydrogen (secondary N) is 2. The van der Waals surface area contributed by atoms with Gasteiger partial charge in [-0.15, -0.1) is 0 Å². The van der Waals surface area contributed by atoms with Crippen molar-refractivity contribution >= 4 is 0 Å². The molecule has 0 aromatic heterocycles. The lowest BCUT2D eigenvalue weighted by molar-refractivity contribution is 0.0998. The lowest BCUT2D eigenvalue weighted by Crippen LogP contribution is -2.42. The van der Waals surface area contributed by atoms with Gasteiger partial charge in [-0.3, -0.25) is 0 Å². The molecule has 1 atom stereocenters. The normalized spacial score (nSPS) is 36.7. The molecule has 2 heterocycles. The van der Waals surface area contributed by atoms with Crippen molar-refractivity contribution in [2.45, 2.75) is 6.04 Å². The van der Waals surface area contributed by atoms with Gasteiger partial charge in [-0.1, -0.05) is 0 Å². The van der Waals surface area contributed by atoms with E-state index in [-0.39, 0.29) is 0 Å². The highest BCUT2D eigenvalue weighted by atomic mass is 16.5. The van der Waals surface area contributed by atoms with Crippen molar-refractivity contribution in [3.05, 3.63) is 6.10 Å². The number of morpholine rings is 1. The predicted molar refractivity (Wildman–Crippen MR) is 33.9 cm³/mol. The molecule has 0 saturated carbocycles. The second kappa shape index (κ2) is 2.25. The van der Waals surface area contributed by atoms with E-state index in [0.29, 0.717) is 6.04 Å². The van der Waals surface area contributed by atoms with Crippen LogP contribution in [0.3, 0.4) is 0 Å². The number of ether oxygens (including phenoxy) is 1. The van der Waals surface area contributed by atoms with E-state index in [9.17, 15) is 0 Å². The highest BCUT2D eigenvalue weighted by molar-refractivity contribution is 5.04. The van der Waals surface area contributed by atoms with E-state index in [1.165, 1.54) is 6.10 Å². The third kappa shape index (κ3) is 0.956. The molecule has 0 amide bonds. The van der Waals surface area contributed by atoms with Gasteiger partial charge in [-0.25, -0.2) is 0 Å². The fourth-order valence-electron chi connectivity index (χ4n) is 1.33. The van der Waals surface area contributed by atoms with Gasteiger partial charge in [0.05, 0.1) is 12.6 Å². The van der Waals surface area contributed by atoms with Crippen LogP contribution in [0.2, 0.25) is 0 Å². The first-order valence-corrected chi connectivity index (χ1v) is 3.39. The van der Waals surface area contributed by atoms with Crippen LogP contribution in [-0.4, -0.2) is 32.3 Å². The highest BCUT2D eigenvalue weighted by Crippen LogP contribution is 2.15.